The number of hydrogen-bond donors (Lipinski definition) is 1. The number of hydrogen-bond acceptors (Lipinski definition) is 3. The molecule has 0 radical (unpaired) electrons. The standard InChI is InChI=1S/C13H15NO3/c1-13(8-11(15)14-12(13)16)7-9-3-5-10(17-2)6-4-9/h3-6H,7-8H2,1-2H3,(H,14,15,16). The molecule has 4 nitrogen and oxygen atoms in total. The number of rotatable bonds is 3. The number of amides is 2. The van der Waals surface area contributed by atoms with Gasteiger partial charge in [-0.05, 0) is 31.0 Å². The van der Waals surface area contributed by atoms with Crippen LogP contribution < -0.4 is 10.1 Å². The van der Waals surface area contributed by atoms with Crippen LogP contribution in [0.1, 0.15) is 18.9 Å². The summed E-state index contributed by atoms with van der Waals surface area (Å²) in [5.74, 6) is 0.412. The Morgan fingerprint density at radius 3 is 2.41 bits per heavy atom. The van der Waals surface area contributed by atoms with Gasteiger partial charge in [0, 0.05) is 6.42 Å². The highest BCUT2D eigenvalue weighted by molar-refractivity contribution is 6.05. The first-order valence-electron chi connectivity index (χ1n) is 5.51. The molecule has 2 rings (SSSR count). The molecule has 2 amide bonds. The SMILES string of the molecule is COc1ccc(CC2(C)CC(=O)NC2=O)cc1. The molecule has 1 heterocycles. The topological polar surface area (TPSA) is 55.4 Å². The summed E-state index contributed by atoms with van der Waals surface area (Å²) >= 11 is 0. The second kappa shape index (κ2) is 4.20. The van der Waals surface area contributed by atoms with E-state index in [-0.39, 0.29) is 18.2 Å². The molecule has 90 valence electrons. The maximum atomic E-state index is 11.7. The minimum Gasteiger partial charge on any atom is -0.497 e. The van der Waals surface area contributed by atoms with Crippen molar-refractivity contribution in [2.75, 3.05) is 7.11 Å². The zero-order valence-electron chi connectivity index (χ0n) is 9.95. The first-order valence-corrected chi connectivity index (χ1v) is 5.51. The van der Waals surface area contributed by atoms with E-state index in [1.54, 1.807) is 7.11 Å². The number of ether oxygens (including phenoxy) is 1. The van der Waals surface area contributed by atoms with Gasteiger partial charge in [0.1, 0.15) is 5.75 Å². The summed E-state index contributed by atoms with van der Waals surface area (Å²) in [6, 6.07) is 7.54. The van der Waals surface area contributed by atoms with Crippen LogP contribution in [0, 0.1) is 5.41 Å². The number of carbonyl (C=O) groups excluding carboxylic acids is 2. The largest absolute Gasteiger partial charge is 0.497 e. The Labute approximate surface area is 100.0 Å². The third-order valence-electron chi connectivity index (χ3n) is 3.11. The number of methoxy groups -OCH3 is 1. The second-order valence-corrected chi connectivity index (χ2v) is 4.64. The third kappa shape index (κ3) is 2.30. The molecular formula is C13H15NO3. The van der Waals surface area contributed by atoms with Crippen molar-refractivity contribution < 1.29 is 14.3 Å². The number of benzene rings is 1. The summed E-state index contributed by atoms with van der Waals surface area (Å²) in [7, 11) is 1.61. The average molecular weight is 233 g/mol. The van der Waals surface area contributed by atoms with Crippen molar-refractivity contribution in [3.05, 3.63) is 29.8 Å². The fourth-order valence-corrected chi connectivity index (χ4v) is 2.09. The highest BCUT2D eigenvalue weighted by atomic mass is 16.5. The summed E-state index contributed by atoms with van der Waals surface area (Å²) < 4.78 is 5.07. The molecule has 0 bridgehead atoms. The lowest BCUT2D eigenvalue weighted by Crippen LogP contribution is -2.30. The summed E-state index contributed by atoms with van der Waals surface area (Å²) in [6.45, 7) is 1.82. The fourth-order valence-electron chi connectivity index (χ4n) is 2.09. The van der Waals surface area contributed by atoms with Crippen molar-refractivity contribution in [3.63, 3.8) is 0 Å². The van der Waals surface area contributed by atoms with Crippen molar-refractivity contribution >= 4 is 11.8 Å². The van der Waals surface area contributed by atoms with Crippen molar-refractivity contribution in [3.8, 4) is 5.75 Å². The summed E-state index contributed by atoms with van der Waals surface area (Å²) in [6.07, 6.45) is 0.826. The minimum atomic E-state index is -0.619. The normalized spacial score (nSPS) is 23.6. The van der Waals surface area contributed by atoms with Gasteiger partial charge in [-0.3, -0.25) is 14.9 Å². The summed E-state index contributed by atoms with van der Waals surface area (Å²) in [5.41, 5.74) is 0.407. The lowest BCUT2D eigenvalue weighted by Gasteiger charge is -2.19. The highest BCUT2D eigenvalue weighted by Gasteiger charge is 2.42. The van der Waals surface area contributed by atoms with Crippen LogP contribution in [0.25, 0.3) is 0 Å². The Kier molecular flexibility index (Phi) is 2.88. The summed E-state index contributed by atoms with van der Waals surface area (Å²) in [5, 5.41) is 2.35. The van der Waals surface area contributed by atoms with Crippen LogP contribution in [0.2, 0.25) is 0 Å². The van der Waals surface area contributed by atoms with E-state index in [4.69, 9.17) is 4.74 Å². The van der Waals surface area contributed by atoms with Gasteiger partial charge in [0.25, 0.3) is 0 Å². The predicted molar refractivity (Wildman–Crippen MR) is 62.6 cm³/mol. The molecule has 1 fully saturated rings. The molecule has 1 unspecified atom stereocenters. The molecule has 1 aliphatic heterocycles. The zero-order chi connectivity index (χ0) is 12.5. The molecule has 1 saturated heterocycles. The van der Waals surface area contributed by atoms with E-state index in [1.807, 2.05) is 31.2 Å². The second-order valence-electron chi connectivity index (χ2n) is 4.64. The van der Waals surface area contributed by atoms with Gasteiger partial charge in [0.05, 0.1) is 12.5 Å². The molecule has 17 heavy (non-hydrogen) atoms. The van der Waals surface area contributed by atoms with Gasteiger partial charge in [-0.2, -0.15) is 0 Å². The Morgan fingerprint density at radius 2 is 1.94 bits per heavy atom. The van der Waals surface area contributed by atoms with Crippen LogP contribution in [0.5, 0.6) is 5.75 Å². The van der Waals surface area contributed by atoms with Crippen LogP contribution in [-0.2, 0) is 16.0 Å². The van der Waals surface area contributed by atoms with Crippen molar-refractivity contribution in [2.45, 2.75) is 19.8 Å². The monoisotopic (exact) mass is 233 g/mol. The molecule has 1 aromatic carbocycles. The molecule has 0 aromatic heterocycles. The van der Waals surface area contributed by atoms with Gasteiger partial charge in [0.2, 0.25) is 11.8 Å². The van der Waals surface area contributed by atoms with Crippen LogP contribution >= 0.6 is 0 Å². The van der Waals surface area contributed by atoms with E-state index in [1.165, 1.54) is 0 Å². The van der Waals surface area contributed by atoms with Gasteiger partial charge in [-0.1, -0.05) is 12.1 Å². The molecule has 0 saturated carbocycles. The molecule has 1 aliphatic rings. The Bertz CT molecular complexity index is 452. The van der Waals surface area contributed by atoms with Crippen LogP contribution in [0.15, 0.2) is 24.3 Å². The van der Waals surface area contributed by atoms with Gasteiger partial charge >= 0.3 is 0 Å². The van der Waals surface area contributed by atoms with Crippen LogP contribution in [-0.4, -0.2) is 18.9 Å². The molecule has 0 spiro atoms. The van der Waals surface area contributed by atoms with E-state index in [0.29, 0.717) is 6.42 Å². The Balaban J connectivity index is 2.14. The Hall–Kier alpha value is -1.84. The van der Waals surface area contributed by atoms with Gasteiger partial charge in [0.15, 0.2) is 0 Å². The number of imide groups is 1. The molecule has 4 heteroatoms. The van der Waals surface area contributed by atoms with Crippen LogP contribution in [0.3, 0.4) is 0 Å². The van der Waals surface area contributed by atoms with Gasteiger partial charge < -0.3 is 4.74 Å². The number of carbonyl (C=O) groups is 2. The van der Waals surface area contributed by atoms with E-state index < -0.39 is 5.41 Å². The lowest BCUT2D eigenvalue weighted by molar-refractivity contribution is -0.128. The van der Waals surface area contributed by atoms with E-state index in [0.717, 1.165) is 11.3 Å². The first kappa shape index (κ1) is 11.6. The van der Waals surface area contributed by atoms with E-state index >= 15 is 0 Å². The Morgan fingerprint density at radius 1 is 1.29 bits per heavy atom. The molecule has 1 N–H and O–H groups in total. The van der Waals surface area contributed by atoms with Crippen molar-refractivity contribution in [1.29, 1.82) is 0 Å². The molecule has 1 atom stereocenters. The smallest absolute Gasteiger partial charge is 0.233 e. The molecular weight excluding hydrogens is 218 g/mol. The fraction of sp³-hybridized carbons (Fsp3) is 0.385. The quantitative estimate of drug-likeness (QED) is 0.800. The maximum Gasteiger partial charge on any atom is 0.233 e. The van der Waals surface area contributed by atoms with Crippen molar-refractivity contribution in [1.82, 2.24) is 5.32 Å². The van der Waals surface area contributed by atoms with Gasteiger partial charge in [-0.15, -0.1) is 0 Å². The first-order chi connectivity index (χ1) is 8.03. The number of nitrogens with one attached hydrogen (secondary N) is 1. The molecule has 1 aromatic rings. The summed E-state index contributed by atoms with van der Waals surface area (Å²) in [4.78, 5) is 22.9. The lowest BCUT2D eigenvalue weighted by atomic mass is 9.82. The van der Waals surface area contributed by atoms with Crippen LogP contribution in [0.4, 0.5) is 0 Å². The third-order valence-corrected chi connectivity index (χ3v) is 3.11. The van der Waals surface area contributed by atoms with E-state index in [9.17, 15) is 9.59 Å². The van der Waals surface area contributed by atoms with E-state index in [2.05, 4.69) is 5.32 Å². The maximum absolute atomic E-state index is 11.7. The highest BCUT2D eigenvalue weighted by Crippen LogP contribution is 2.31. The minimum absolute atomic E-state index is 0.182. The van der Waals surface area contributed by atoms with Gasteiger partial charge in [-0.25, -0.2) is 0 Å². The zero-order valence-corrected chi connectivity index (χ0v) is 9.95. The molecule has 0 aliphatic carbocycles. The average Bonchev–Trinajstić information content (AvgIpc) is 2.53. The predicted octanol–water partition coefficient (Wildman–Crippen LogP) is 1.29. The van der Waals surface area contributed by atoms with Crippen molar-refractivity contribution in [2.24, 2.45) is 5.41 Å².